The Labute approximate surface area is 121 Å². The molecular weight excluding hydrogens is 298 g/mol. The van der Waals surface area contributed by atoms with Gasteiger partial charge in [0, 0.05) is 18.4 Å². The second kappa shape index (κ2) is 6.17. The molecule has 0 aliphatic heterocycles. The molecule has 112 valence electrons. The minimum absolute atomic E-state index is 0.155. The summed E-state index contributed by atoms with van der Waals surface area (Å²) in [5, 5.41) is 2.95. The van der Waals surface area contributed by atoms with Crippen molar-refractivity contribution >= 4 is 15.5 Å². The molecule has 0 radical (unpaired) electrons. The number of nitrogens with zero attached hydrogens (tertiary/aromatic N) is 1. The Kier molecular flexibility index (Phi) is 4.52. The summed E-state index contributed by atoms with van der Waals surface area (Å²) in [6.45, 7) is 1.81. The normalized spacial score (nSPS) is 13.1. The van der Waals surface area contributed by atoms with Gasteiger partial charge in [-0.15, -0.1) is 0 Å². The first-order chi connectivity index (χ1) is 9.93. The summed E-state index contributed by atoms with van der Waals surface area (Å²) < 4.78 is 48.8. The fraction of sp³-hybridized carbons (Fsp3) is 0.214. The highest BCUT2D eigenvalue weighted by Gasteiger charge is 2.29. The SMILES string of the molecule is C[C@H](Nc1ccccc1S(=O)(=O)C(F)F)c1ccncc1. The standard InChI is InChI=1S/C14H14F2N2O2S/c1-10(11-6-8-17-9-7-11)18-12-4-2-3-5-13(12)21(19,20)14(15)16/h2-10,14,18H,1H3/t10-/m0/s1. The second-order valence-corrected chi connectivity index (χ2v) is 6.33. The van der Waals surface area contributed by atoms with Gasteiger partial charge in [-0.1, -0.05) is 12.1 Å². The molecule has 0 saturated carbocycles. The zero-order valence-electron chi connectivity index (χ0n) is 11.2. The number of halogens is 2. The smallest absolute Gasteiger partial charge is 0.341 e. The number of aromatic nitrogens is 1. The van der Waals surface area contributed by atoms with Crippen LogP contribution in [0, 0.1) is 0 Å². The Hall–Kier alpha value is -2.02. The highest BCUT2D eigenvalue weighted by atomic mass is 32.2. The maximum Gasteiger partial charge on any atom is 0.341 e. The summed E-state index contributed by atoms with van der Waals surface area (Å²) in [6, 6.07) is 8.92. The number of alkyl halides is 2. The lowest BCUT2D eigenvalue weighted by atomic mass is 10.1. The number of pyridine rings is 1. The number of hydrogen-bond donors (Lipinski definition) is 1. The average Bonchev–Trinajstić information content (AvgIpc) is 2.48. The first kappa shape index (κ1) is 15.4. The molecule has 2 rings (SSSR count). The highest BCUT2D eigenvalue weighted by molar-refractivity contribution is 7.91. The van der Waals surface area contributed by atoms with Gasteiger partial charge in [0.25, 0.3) is 0 Å². The zero-order chi connectivity index (χ0) is 15.5. The number of benzene rings is 1. The van der Waals surface area contributed by atoms with E-state index in [0.29, 0.717) is 0 Å². The number of hydrogen-bond acceptors (Lipinski definition) is 4. The van der Waals surface area contributed by atoms with E-state index in [1.54, 1.807) is 37.5 Å². The van der Waals surface area contributed by atoms with Crippen molar-refractivity contribution in [3.05, 3.63) is 54.4 Å². The van der Waals surface area contributed by atoms with Crippen molar-refractivity contribution < 1.29 is 17.2 Å². The van der Waals surface area contributed by atoms with E-state index >= 15 is 0 Å². The van der Waals surface area contributed by atoms with Crippen LogP contribution >= 0.6 is 0 Å². The van der Waals surface area contributed by atoms with Gasteiger partial charge in [0.2, 0.25) is 9.84 Å². The van der Waals surface area contributed by atoms with E-state index in [1.807, 2.05) is 0 Å². The van der Waals surface area contributed by atoms with Crippen molar-refractivity contribution in [2.24, 2.45) is 0 Å². The zero-order valence-corrected chi connectivity index (χ0v) is 12.0. The van der Waals surface area contributed by atoms with Crippen LogP contribution in [0.2, 0.25) is 0 Å². The largest absolute Gasteiger partial charge is 0.377 e. The molecule has 2 aromatic rings. The topological polar surface area (TPSA) is 59.1 Å². The van der Waals surface area contributed by atoms with Gasteiger partial charge >= 0.3 is 5.76 Å². The minimum atomic E-state index is -4.64. The van der Waals surface area contributed by atoms with Crippen LogP contribution < -0.4 is 5.32 Å². The predicted octanol–water partition coefficient (Wildman–Crippen LogP) is 3.25. The molecule has 0 saturated heterocycles. The second-order valence-electron chi connectivity index (χ2n) is 4.45. The molecule has 0 fully saturated rings. The summed E-state index contributed by atoms with van der Waals surface area (Å²) in [5.74, 6) is -3.45. The lowest BCUT2D eigenvalue weighted by Gasteiger charge is -2.18. The van der Waals surface area contributed by atoms with Crippen LogP contribution in [0.4, 0.5) is 14.5 Å². The maximum atomic E-state index is 12.7. The Morgan fingerprint density at radius 2 is 1.71 bits per heavy atom. The molecule has 1 atom stereocenters. The van der Waals surface area contributed by atoms with E-state index < -0.39 is 20.5 Å². The van der Waals surface area contributed by atoms with Gasteiger partial charge in [-0.05, 0) is 36.8 Å². The summed E-state index contributed by atoms with van der Waals surface area (Å²) in [4.78, 5) is 3.49. The third-order valence-corrected chi connectivity index (χ3v) is 4.44. The van der Waals surface area contributed by atoms with E-state index in [0.717, 1.165) is 5.56 Å². The summed E-state index contributed by atoms with van der Waals surface area (Å²) >= 11 is 0. The summed E-state index contributed by atoms with van der Waals surface area (Å²) in [5.41, 5.74) is 1.02. The Morgan fingerprint density at radius 3 is 2.33 bits per heavy atom. The van der Waals surface area contributed by atoms with Gasteiger partial charge in [-0.25, -0.2) is 8.42 Å². The summed E-state index contributed by atoms with van der Waals surface area (Å²) in [7, 11) is -4.64. The van der Waals surface area contributed by atoms with Crippen LogP contribution in [0.1, 0.15) is 18.5 Å². The molecule has 0 aliphatic rings. The van der Waals surface area contributed by atoms with Crippen LogP contribution in [-0.2, 0) is 9.84 Å². The van der Waals surface area contributed by atoms with Crippen molar-refractivity contribution in [2.45, 2.75) is 23.6 Å². The number of para-hydroxylation sites is 1. The lowest BCUT2D eigenvalue weighted by Crippen LogP contribution is -2.15. The number of nitrogens with one attached hydrogen (secondary N) is 1. The van der Waals surface area contributed by atoms with Gasteiger partial charge in [0.05, 0.1) is 10.6 Å². The molecular formula is C14H14F2N2O2S. The average molecular weight is 312 g/mol. The van der Waals surface area contributed by atoms with Gasteiger partial charge < -0.3 is 5.32 Å². The van der Waals surface area contributed by atoms with E-state index in [-0.39, 0.29) is 11.7 Å². The first-order valence-electron chi connectivity index (χ1n) is 6.20. The van der Waals surface area contributed by atoms with E-state index in [9.17, 15) is 17.2 Å². The van der Waals surface area contributed by atoms with Crippen molar-refractivity contribution in [1.29, 1.82) is 0 Å². The Morgan fingerprint density at radius 1 is 1.10 bits per heavy atom. The van der Waals surface area contributed by atoms with Gasteiger partial charge in [-0.3, -0.25) is 4.98 Å². The van der Waals surface area contributed by atoms with E-state index in [2.05, 4.69) is 10.3 Å². The summed E-state index contributed by atoms with van der Waals surface area (Å²) in [6.07, 6.45) is 3.21. The van der Waals surface area contributed by atoms with E-state index in [1.165, 1.54) is 18.2 Å². The van der Waals surface area contributed by atoms with Crippen LogP contribution in [0.15, 0.2) is 53.7 Å². The molecule has 1 aromatic heterocycles. The predicted molar refractivity (Wildman–Crippen MR) is 75.9 cm³/mol. The van der Waals surface area contributed by atoms with Crippen molar-refractivity contribution in [3.63, 3.8) is 0 Å². The van der Waals surface area contributed by atoms with Gasteiger partial charge in [-0.2, -0.15) is 8.78 Å². The molecule has 0 aliphatic carbocycles. The van der Waals surface area contributed by atoms with Crippen molar-refractivity contribution in [3.8, 4) is 0 Å². The fourth-order valence-corrected chi connectivity index (χ4v) is 2.79. The number of anilines is 1. The van der Waals surface area contributed by atoms with Crippen LogP contribution in [0.3, 0.4) is 0 Å². The minimum Gasteiger partial charge on any atom is -0.377 e. The first-order valence-corrected chi connectivity index (χ1v) is 7.75. The number of rotatable bonds is 5. The van der Waals surface area contributed by atoms with Crippen LogP contribution in [-0.4, -0.2) is 19.2 Å². The molecule has 1 aromatic carbocycles. The highest BCUT2D eigenvalue weighted by Crippen LogP contribution is 2.28. The maximum absolute atomic E-state index is 12.7. The monoisotopic (exact) mass is 312 g/mol. The molecule has 4 nitrogen and oxygen atoms in total. The van der Waals surface area contributed by atoms with Crippen LogP contribution in [0.5, 0.6) is 0 Å². The van der Waals surface area contributed by atoms with Gasteiger partial charge in [0.15, 0.2) is 0 Å². The Bertz CT molecular complexity index is 706. The van der Waals surface area contributed by atoms with E-state index in [4.69, 9.17) is 0 Å². The Balaban J connectivity index is 2.34. The van der Waals surface area contributed by atoms with Crippen LogP contribution in [0.25, 0.3) is 0 Å². The molecule has 21 heavy (non-hydrogen) atoms. The third kappa shape index (κ3) is 3.36. The van der Waals surface area contributed by atoms with Gasteiger partial charge in [0.1, 0.15) is 0 Å². The molecule has 1 heterocycles. The van der Waals surface area contributed by atoms with Crippen molar-refractivity contribution in [2.75, 3.05) is 5.32 Å². The lowest BCUT2D eigenvalue weighted by molar-refractivity contribution is 0.235. The molecule has 0 bridgehead atoms. The molecule has 0 amide bonds. The number of sulfone groups is 1. The quantitative estimate of drug-likeness (QED) is 0.920. The molecule has 7 heteroatoms. The fourth-order valence-electron chi connectivity index (χ4n) is 1.90. The molecule has 1 N–H and O–H groups in total. The molecule has 0 unspecified atom stereocenters. The van der Waals surface area contributed by atoms with Crippen molar-refractivity contribution in [1.82, 2.24) is 4.98 Å². The third-order valence-electron chi connectivity index (χ3n) is 3.01. The molecule has 0 spiro atoms.